The molecule has 0 amide bonds. The van der Waals surface area contributed by atoms with Gasteiger partial charge in [0.2, 0.25) is 0 Å². The highest BCUT2D eigenvalue weighted by atomic mass is 16.5. The Balaban J connectivity index is 1.17. The molecular formula is C46H69NO9. The highest BCUT2D eigenvalue weighted by Gasteiger charge is 2.85. The Kier molecular flexibility index (Phi) is 9.72. The molecular weight excluding hydrogens is 711 g/mol. The van der Waals surface area contributed by atoms with Gasteiger partial charge in [0.1, 0.15) is 18.0 Å². The van der Waals surface area contributed by atoms with Crippen LogP contribution < -0.4 is 5.32 Å². The van der Waals surface area contributed by atoms with E-state index in [4.69, 9.17) is 9.47 Å². The van der Waals surface area contributed by atoms with Crippen molar-refractivity contribution in [1.82, 2.24) is 5.32 Å². The SMILES string of the molecule is COCCCNCC1=C[C@H]2C[C@@]3(O)[C@](C)(CC[C@H]4[C@@]3(O)C[C@H]3C[C@@H]([C@@H](C)C5CCCC5)CC[C@@H]5[C@@H](O)C6(CCCC6)C[C@@]4(C=O)[C@]35O)[C@@]2(CO)C2=CC(=O)O[C@@H]12. The van der Waals surface area contributed by atoms with Gasteiger partial charge in [-0.05, 0) is 123 Å². The first kappa shape index (κ1) is 39.8. The number of carbonyl (C=O) groups excluding carboxylic acids is 2. The Bertz CT molecular complexity index is 1630. The van der Waals surface area contributed by atoms with Gasteiger partial charge in [0.25, 0.3) is 0 Å². The van der Waals surface area contributed by atoms with Crippen LogP contribution in [-0.2, 0) is 19.1 Å². The monoisotopic (exact) mass is 779 g/mol. The third-order valence-corrected chi connectivity index (χ3v) is 19.5. The molecule has 7 saturated carbocycles. The maximum absolute atomic E-state index is 14.4. The van der Waals surface area contributed by atoms with Crippen molar-refractivity contribution in [2.75, 3.05) is 33.4 Å². The summed E-state index contributed by atoms with van der Waals surface area (Å²) in [5, 5.41) is 69.3. The van der Waals surface area contributed by atoms with Crippen LogP contribution in [0.25, 0.3) is 0 Å². The fourth-order valence-electron chi connectivity index (χ4n) is 16.9. The second kappa shape index (κ2) is 13.7. The molecule has 8 aliphatic carbocycles. The van der Waals surface area contributed by atoms with Crippen molar-refractivity contribution in [3.05, 3.63) is 23.3 Å². The summed E-state index contributed by atoms with van der Waals surface area (Å²) in [6, 6.07) is 0. The van der Waals surface area contributed by atoms with Crippen LogP contribution in [-0.4, -0.2) is 100 Å². The van der Waals surface area contributed by atoms with E-state index in [0.29, 0.717) is 69.2 Å². The van der Waals surface area contributed by atoms with Gasteiger partial charge < -0.3 is 45.1 Å². The standard InChI is InChI=1S/C46H69NO9/c1-28(29-9-4-5-10-29)30-11-12-34-39(51)41(14-6-7-15-41)25-42(26-48)36-13-16-40(2)43(27-49)32(23-45(40,53)44(36,52)22-33(19-30)46(34,42)54)20-31(24-47-17-8-18-55-3)38-35(43)21-37(50)56-38/h20-21,26,28-30,32-34,36,38-39,47,49,51-54H,4-19,22-25,27H2,1-3H3/t28-,30-,32-,33+,34+,36+,38-,39+,40+,42-,43+,44-,45+,46-/m0/s1. The van der Waals surface area contributed by atoms with E-state index in [-0.39, 0.29) is 25.4 Å². The van der Waals surface area contributed by atoms with Gasteiger partial charge in [-0.3, -0.25) is 0 Å². The molecule has 6 N–H and O–H groups in total. The smallest absolute Gasteiger partial charge is 0.331 e. The van der Waals surface area contributed by atoms with Crippen molar-refractivity contribution in [2.24, 2.45) is 63.1 Å². The van der Waals surface area contributed by atoms with E-state index in [2.05, 4.69) is 18.3 Å². The molecule has 1 aliphatic heterocycles. The zero-order chi connectivity index (χ0) is 39.5. The summed E-state index contributed by atoms with van der Waals surface area (Å²) in [6.45, 7) is 5.83. The summed E-state index contributed by atoms with van der Waals surface area (Å²) >= 11 is 0. The van der Waals surface area contributed by atoms with Crippen molar-refractivity contribution in [1.29, 1.82) is 0 Å². The number of hydrogen-bond acceptors (Lipinski definition) is 10. The van der Waals surface area contributed by atoms with Crippen LogP contribution in [0, 0.1) is 63.1 Å². The number of aliphatic hydroxyl groups is 5. The summed E-state index contributed by atoms with van der Waals surface area (Å²) < 4.78 is 11.2. The minimum atomic E-state index is -1.78. The number of rotatable bonds is 10. The summed E-state index contributed by atoms with van der Waals surface area (Å²) in [7, 11) is 1.67. The molecule has 10 heteroatoms. The summed E-state index contributed by atoms with van der Waals surface area (Å²) in [6.07, 6.45) is 16.0. The van der Waals surface area contributed by atoms with E-state index in [0.717, 1.165) is 50.4 Å². The number of hydrogen-bond donors (Lipinski definition) is 6. The van der Waals surface area contributed by atoms with Crippen LogP contribution in [0.4, 0.5) is 0 Å². The minimum absolute atomic E-state index is 0.129. The molecule has 0 unspecified atom stereocenters. The Morgan fingerprint density at radius 1 is 1.02 bits per heavy atom. The van der Waals surface area contributed by atoms with Gasteiger partial charge in [0.05, 0.1) is 29.3 Å². The maximum atomic E-state index is 14.4. The molecule has 0 aromatic rings. The molecule has 56 heavy (non-hydrogen) atoms. The lowest BCUT2D eigenvalue weighted by Gasteiger charge is -2.73. The third kappa shape index (κ3) is 4.87. The highest BCUT2D eigenvalue weighted by molar-refractivity contribution is 5.87. The zero-order valence-corrected chi connectivity index (χ0v) is 34.1. The average Bonchev–Trinajstić information content (AvgIpc) is 3.98. The molecule has 9 aliphatic rings. The predicted molar refractivity (Wildman–Crippen MR) is 209 cm³/mol. The Morgan fingerprint density at radius 2 is 1.77 bits per heavy atom. The number of aldehydes is 1. The van der Waals surface area contributed by atoms with E-state index < -0.39 is 80.3 Å². The Labute approximate surface area is 333 Å². The second-order valence-corrected chi connectivity index (χ2v) is 21.0. The molecule has 9 rings (SSSR count). The van der Waals surface area contributed by atoms with Gasteiger partial charge in [-0.25, -0.2) is 4.79 Å². The number of fused-ring (bicyclic) bond motifs is 8. The van der Waals surface area contributed by atoms with E-state index in [1.165, 1.54) is 31.8 Å². The van der Waals surface area contributed by atoms with E-state index >= 15 is 0 Å². The number of aliphatic hydroxyl groups excluding tert-OH is 2. The quantitative estimate of drug-likeness (QED) is 0.0787. The van der Waals surface area contributed by atoms with E-state index in [9.17, 15) is 35.1 Å². The number of esters is 1. The molecule has 0 saturated heterocycles. The van der Waals surface area contributed by atoms with E-state index in [1.807, 2.05) is 6.92 Å². The number of allylic oxidation sites excluding steroid dienone is 1. The molecule has 10 nitrogen and oxygen atoms in total. The van der Waals surface area contributed by atoms with Gasteiger partial charge >= 0.3 is 5.97 Å². The lowest BCUT2D eigenvalue weighted by atomic mass is 9.33. The summed E-state index contributed by atoms with van der Waals surface area (Å²) in [5.41, 5.74) is -7.56. The third-order valence-electron chi connectivity index (χ3n) is 19.5. The van der Waals surface area contributed by atoms with Crippen LogP contribution in [0.1, 0.15) is 123 Å². The number of methoxy groups -OCH3 is 1. The largest absolute Gasteiger partial charge is 0.450 e. The van der Waals surface area contributed by atoms with Gasteiger partial charge in [-0.2, -0.15) is 0 Å². The summed E-state index contributed by atoms with van der Waals surface area (Å²) in [5.74, 6) is -1.31. The average molecular weight is 780 g/mol. The minimum Gasteiger partial charge on any atom is -0.450 e. The molecule has 1 spiro atoms. The van der Waals surface area contributed by atoms with Crippen molar-refractivity contribution in [2.45, 2.75) is 152 Å². The molecule has 0 radical (unpaired) electrons. The predicted octanol–water partition coefficient (Wildman–Crippen LogP) is 4.79. The van der Waals surface area contributed by atoms with Crippen molar-refractivity contribution in [3.63, 3.8) is 0 Å². The molecule has 1 heterocycles. The van der Waals surface area contributed by atoms with Crippen LogP contribution in [0.2, 0.25) is 0 Å². The van der Waals surface area contributed by atoms with Crippen molar-refractivity contribution < 1.29 is 44.6 Å². The van der Waals surface area contributed by atoms with Gasteiger partial charge in [-0.15, -0.1) is 0 Å². The first-order chi connectivity index (χ1) is 26.8. The normalized spacial score (nSPS) is 49.5. The lowest BCUT2D eigenvalue weighted by molar-refractivity contribution is -0.356. The maximum Gasteiger partial charge on any atom is 0.331 e. The first-order valence-electron chi connectivity index (χ1n) is 22.5. The Morgan fingerprint density at radius 3 is 2.46 bits per heavy atom. The summed E-state index contributed by atoms with van der Waals surface area (Å²) in [4.78, 5) is 27.6. The van der Waals surface area contributed by atoms with Crippen LogP contribution in [0.15, 0.2) is 23.3 Å². The lowest BCUT2D eigenvalue weighted by Crippen LogP contribution is -2.82. The number of nitrogens with one attached hydrogen (secondary N) is 1. The Hall–Kier alpha value is -1.66. The fourth-order valence-corrected chi connectivity index (χ4v) is 16.9. The molecule has 0 aromatic heterocycles. The van der Waals surface area contributed by atoms with Gasteiger partial charge in [0, 0.05) is 49.0 Å². The molecule has 312 valence electrons. The van der Waals surface area contributed by atoms with Crippen molar-refractivity contribution in [3.8, 4) is 0 Å². The number of carbonyl (C=O) groups is 2. The second-order valence-electron chi connectivity index (χ2n) is 21.0. The number of ether oxygens (including phenoxy) is 2. The zero-order valence-electron chi connectivity index (χ0n) is 34.1. The highest BCUT2D eigenvalue weighted by Crippen LogP contribution is 2.80. The molecule has 0 aromatic carbocycles. The van der Waals surface area contributed by atoms with Crippen LogP contribution in [0.3, 0.4) is 0 Å². The van der Waals surface area contributed by atoms with Crippen molar-refractivity contribution >= 4 is 12.3 Å². The first-order valence-corrected chi connectivity index (χ1v) is 22.5. The topological polar surface area (TPSA) is 166 Å². The van der Waals surface area contributed by atoms with Crippen LogP contribution in [0.5, 0.6) is 0 Å². The van der Waals surface area contributed by atoms with Gasteiger partial charge in [-0.1, -0.05) is 58.4 Å². The fraction of sp³-hybridized carbons (Fsp3) is 0.870. The van der Waals surface area contributed by atoms with Crippen LogP contribution >= 0.6 is 0 Å². The molecule has 7 fully saturated rings. The molecule has 0 bridgehead atoms. The van der Waals surface area contributed by atoms with Gasteiger partial charge in [0.15, 0.2) is 0 Å². The molecule has 14 atom stereocenters. The van der Waals surface area contributed by atoms with E-state index in [1.54, 1.807) is 7.11 Å².